The van der Waals surface area contributed by atoms with Crippen LogP contribution in [0.2, 0.25) is 5.02 Å². The number of ether oxygens (including phenoxy) is 1. The van der Waals surface area contributed by atoms with Crippen LogP contribution in [0.3, 0.4) is 0 Å². The highest BCUT2D eigenvalue weighted by atomic mass is 35.5. The molecule has 2 N–H and O–H groups in total. The van der Waals surface area contributed by atoms with Gasteiger partial charge in [0.05, 0.1) is 11.2 Å². The van der Waals surface area contributed by atoms with Crippen molar-refractivity contribution in [2.24, 2.45) is 0 Å². The zero-order valence-corrected chi connectivity index (χ0v) is 19.8. The van der Waals surface area contributed by atoms with Crippen LogP contribution in [0.4, 0.5) is 4.39 Å². The molecule has 0 atom stereocenters. The minimum Gasteiger partial charge on any atom is -0.484 e. The Hall–Kier alpha value is -3.40. The largest absolute Gasteiger partial charge is 0.484 e. The van der Waals surface area contributed by atoms with Gasteiger partial charge >= 0.3 is 0 Å². The topological polar surface area (TPSA) is 114 Å². The number of halogens is 2. The van der Waals surface area contributed by atoms with Crippen LogP contribution in [-0.2, 0) is 9.59 Å². The first kappa shape index (κ1) is 23.3. The van der Waals surface area contributed by atoms with Crippen molar-refractivity contribution in [3.8, 4) is 5.75 Å². The van der Waals surface area contributed by atoms with Gasteiger partial charge in [0.1, 0.15) is 11.6 Å². The van der Waals surface area contributed by atoms with Crippen molar-refractivity contribution in [3.05, 3.63) is 53.0 Å². The van der Waals surface area contributed by atoms with Crippen molar-refractivity contribution in [2.75, 3.05) is 19.7 Å². The van der Waals surface area contributed by atoms with Crippen LogP contribution in [0.15, 0.2) is 34.9 Å². The molecule has 0 spiro atoms. The van der Waals surface area contributed by atoms with Crippen molar-refractivity contribution >= 4 is 34.9 Å². The summed E-state index contributed by atoms with van der Waals surface area (Å²) in [7, 11) is 0. The third kappa shape index (κ3) is 4.62. The standard InChI is InChI=1S/C24H24ClFN4O5/c1-14(31)30-6-4-15(5-7-30)22-27-9-19(35-22)21(33)29-24-11-23(12-24,13-24)28-20(32)10-34-16-2-3-17(25)18(26)8-16/h2-4,8-9H,5-7,10-13H2,1H3,(H,28,32)(H,29,33). The van der Waals surface area contributed by atoms with E-state index in [0.29, 0.717) is 44.7 Å². The van der Waals surface area contributed by atoms with E-state index in [-0.39, 0.29) is 51.9 Å². The molecule has 1 aliphatic heterocycles. The fourth-order valence-corrected chi connectivity index (χ4v) is 5.20. The molecule has 0 radical (unpaired) electrons. The summed E-state index contributed by atoms with van der Waals surface area (Å²) in [6.45, 7) is 2.37. The zero-order chi connectivity index (χ0) is 24.8. The first-order valence-electron chi connectivity index (χ1n) is 11.3. The van der Waals surface area contributed by atoms with Crippen molar-refractivity contribution in [3.63, 3.8) is 0 Å². The summed E-state index contributed by atoms with van der Waals surface area (Å²) >= 11 is 5.64. The number of hydrogen-bond acceptors (Lipinski definition) is 6. The monoisotopic (exact) mass is 502 g/mol. The Bertz CT molecular complexity index is 1220. The van der Waals surface area contributed by atoms with Gasteiger partial charge in [-0.3, -0.25) is 14.4 Å². The summed E-state index contributed by atoms with van der Waals surface area (Å²) in [5, 5.41) is 5.93. The van der Waals surface area contributed by atoms with Gasteiger partial charge in [-0.05, 0) is 37.8 Å². The average Bonchev–Trinajstić information content (AvgIpc) is 3.28. The SMILES string of the molecule is CC(=O)N1CC=C(c2ncc(C(=O)NC34CC(NC(=O)COc5ccc(Cl)c(F)c5)(C3)C4)o2)CC1. The van der Waals surface area contributed by atoms with Crippen LogP contribution < -0.4 is 15.4 Å². The van der Waals surface area contributed by atoms with E-state index >= 15 is 0 Å². The number of amides is 3. The number of aromatic nitrogens is 1. The van der Waals surface area contributed by atoms with E-state index in [1.54, 1.807) is 4.90 Å². The lowest BCUT2D eigenvalue weighted by Gasteiger charge is -2.70. The predicted molar refractivity (Wildman–Crippen MR) is 123 cm³/mol. The van der Waals surface area contributed by atoms with Crippen LogP contribution >= 0.6 is 11.6 Å². The Labute approximate surface area is 205 Å². The molecule has 184 valence electrons. The normalized spacial score (nSPS) is 24.5. The summed E-state index contributed by atoms with van der Waals surface area (Å²) in [6.07, 6.45) is 5.74. The van der Waals surface area contributed by atoms with Gasteiger partial charge in [-0.2, -0.15) is 0 Å². The second kappa shape index (κ2) is 8.67. The van der Waals surface area contributed by atoms with Gasteiger partial charge in [0.15, 0.2) is 6.61 Å². The molecule has 6 rings (SSSR count). The Morgan fingerprint density at radius 3 is 2.63 bits per heavy atom. The number of rotatable bonds is 7. The van der Waals surface area contributed by atoms with Gasteiger partial charge in [-0.25, -0.2) is 9.37 Å². The van der Waals surface area contributed by atoms with Crippen LogP contribution in [-0.4, -0.2) is 58.4 Å². The minimum atomic E-state index is -0.615. The number of carbonyl (C=O) groups excluding carboxylic acids is 3. The van der Waals surface area contributed by atoms with Crippen molar-refractivity contribution in [1.82, 2.24) is 20.5 Å². The first-order valence-corrected chi connectivity index (χ1v) is 11.7. The molecule has 0 unspecified atom stereocenters. The van der Waals surface area contributed by atoms with Crippen LogP contribution in [0.1, 0.15) is 49.1 Å². The molecule has 3 aliphatic carbocycles. The molecule has 1 aromatic heterocycles. The maximum absolute atomic E-state index is 13.5. The molecule has 4 aliphatic rings. The molecule has 3 saturated carbocycles. The third-order valence-corrected chi connectivity index (χ3v) is 7.04. The van der Waals surface area contributed by atoms with Gasteiger partial charge in [0.2, 0.25) is 17.6 Å². The van der Waals surface area contributed by atoms with E-state index in [1.807, 2.05) is 6.08 Å². The van der Waals surface area contributed by atoms with Crippen LogP contribution in [0.25, 0.3) is 5.57 Å². The Morgan fingerprint density at radius 2 is 1.97 bits per heavy atom. The second-order valence-electron chi connectivity index (χ2n) is 9.43. The highest BCUT2D eigenvalue weighted by molar-refractivity contribution is 6.30. The van der Waals surface area contributed by atoms with Crippen molar-refractivity contribution in [2.45, 2.75) is 43.7 Å². The molecule has 3 fully saturated rings. The van der Waals surface area contributed by atoms with Gasteiger partial charge in [0, 0.05) is 42.7 Å². The molecule has 11 heteroatoms. The molecule has 0 saturated heterocycles. The van der Waals surface area contributed by atoms with Gasteiger partial charge < -0.3 is 24.7 Å². The zero-order valence-electron chi connectivity index (χ0n) is 19.0. The molecule has 3 amide bonds. The lowest BCUT2D eigenvalue weighted by atomic mass is 9.44. The number of carbonyl (C=O) groups is 3. The summed E-state index contributed by atoms with van der Waals surface area (Å²) in [5.41, 5.74) is 0.141. The molecular weight excluding hydrogens is 479 g/mol. The summed E-state index contributed by atoms with van der Waals surface area (Å²) in [5.74, 6) is -0.529. The Balaban J connectivity index is 1.08. The molecule has 2 heterocycles. The van der Waals surface area contributed by atoms with E-state index < -0.39 is 5.82 Å². The smallest absolute Gasteiger partial charge is 0.289 e. The number of nitrogens with zero attached hydrogens (tertiary/aromatic N) is 2. The van der Waals surface area contributed by atoms with Gasteiger partial charge in [0.25, 0.3) is 11.8 Å². The molecular formula is C24H24ClFN4O5. The lowest BCUT2D eigenvalue weighted by Crippen LogP contribution is -2.84. The molecule has 2 aromatic rings. The highest BCUT2D eigenvalue weighted by Crippen LogP contribution is 2.60. The maximum Gasteiger partial charge on any atom is 0.289 e. The first-order chi connectivity index (χ1) is 16.7. The molecule has 2 bridgehead atoms. The van der Waals surface area contributed by atoms with Crippen LogP contribution in [0.5, 0.6) is 5.75 Å². The average molecular weight is 503 g/mol. The maximum atomic E-state index is 13.5. The second-order valence-corrected chi connectivity index (χ2v) is 9.84. The number of nitrogens with one attached hydrogen (secondary N) is 2. The quantitative estimate of drug-likeness (QED) is 0.602. The third-order valence-electron chi connectivity index (χ3n) is 6.73. The molecule has 9 nitrogen and oxygen atoms in total. The Kier molecular flexibility index (Phi) is 5.79. The van der Waals surface area contributed by atoms with Crippen molar-refractivity contribution in [1.29, 1.82) is 0 Å². The van der Waals surface area contributed by atoms with E-state index in [0.717, 1.165) is 11.6 Å². The minimum absolute atomic E-state index is 0.0170. The number of oxazole rings is 1. The fourth-order valence-electron chi connectivity index (χ4n) is 5.08. The highest BCUT2D eigenvalue weighted by Gasteiger charge is 2.69. The molecule has 35 heavy (non-hydrogen) atoms. The van der Waals surface area contributed by atoms with Gasteiger partial charge in [-0.15, -0.1) is 0 Å². The number of hydrogen-bond donors (Lipinski definition) is 2. The van der Waals surface area contributed by atoms with E-state index in [1.165, 1.54) is 25.3 Å². The summed E-state index contributed by atoms with van der Waals surface area (Å²) in [4.78, 5) is 42.4. The number of benzene rings is 1. The van der Waals surface area contributed by atoms with E-state index in [2.05, 4.69) is 15.6 Å². The van der Waals surface area contributed by atoms with Crippen LogP contribution in [0, 0.1) is 5.82 Å². The van der Waals surface area contributed by atoms with E-state index in [9.17, 15) is 18.8 Å². The van der Waals surface area contributed by atoms with Crippen molar-refractivity contribution < 1.29 is 27.9 Å². The molecule has 1 aromatic carbocycles. The van der Waals surface area contributed by atoms with Gasteiger partial charge in [-0.1, -0.05) is 17.7 Å². The summed E-state index contributed by atoms with van der Waals surface area (Å²) in [6, 6.07) is 3.98. The predicted octanol–water partition coefficient (Wildman–Crippen LogP) is 2.70. The lowest BCUT2D eigenvalue weighted by molar-refractivity contribution is -0.141. The Morgan fingerprint density at radius 1 is 1.23 bits per heavy atom. The summed E-state index contributed by atoms with van der Waals surface area (Å²) < 4.78 is 24.5. The van der Waals surface area contributed by atoms with E-state index in [4.69, 9.17) is 20.8 Å². The fraction of sp³-hybridized carbons (Fsp3) is 0.417.